The SMILES string of the molecule is CC(C)C(=O)NC1CCN(c2nc3ccccc3n2C(C)C)CC1. The summed E-state index contributed by atoms with van der Waals surface area (Å²) in [6, 6.07) is 8.98. The lowest BCUT2D eigenvalue weighted by molar-refractivity contribution is -0.124. The van der Waals surface area contributed by atoms with E-state index in [2.05, 4.69) is 46.8 Å². The Kier molecular flexibility index (Phi) is 4.78. The minimum atomic E-state index is 0.0492. The second-order valence-corrected chi connectivity index (χ2v) is 7.29. The Bertz CT molecular complexity index is 711. The molecule has 130 valence electrons. The third-order valence-corrected chi connectivity index (χ3v) is 4.74. The zero-order valence-electron chi connectivity index (χ0n) is 15.1. The Hall–Kier alpha value is -2.04. The van der Waals surface area contributed by atoms with Gasteiger partial charge in [-0.25, -0.2) is 4.98 Å². The van der Waals surface area contributed by atoms with Crippen molar-refractivity contribution < 1.29 is 4.79 Å². The van der Waals surface area contributed by atoms with Crippen LogP contribution in [-0.2, 0) is 4.79 Å². The first-order valence-electron chi connectivity index (χ1n) is 8.99. The standard InChI is InChI=1S/C19H28N4O/c1-13(2)18(24)20-15-9-11-22(12-10-15)19-21-16-7-5-6-8-17(16)23(19)14(3)4/h5-8,13-15H,9-12H2,1-4H3,(H,20,24). The second kappa shape index (κ2) is 6.83. The molecule has 0 radical (unpaired) electrons. The predicted molar refractivity (Wildman–Crippen MR) is 98.3 cm³/mol. The van der Waals surface area contributed by atoms with Crippen molar-refractivity contribution in [1.82, 2.24) is 14.9 Å². The van der Waals surface area contributed by atoms with Crippen molar-refractivity contribution in [2.45, 2.75) is 52.6 Å². The van der Waals surface area contributed by atoms with E-state index in [0.717, 1.165) is 37.4 Å². The van der Waals surface area contributed by atoms with E-state index in [1.165, 1.54) is 5.52 Å². The van der Waals surface area contributed by atoms with E-state index in [0.29, 0.717) is 6.04 Å². The van der Waals surface area contributed by atoms with Crippen LogP contribution < -0.4 is 10.2 Å². The summed E-state index contributed by atoms with van der Waals surface area (Å²) < 4.78 is 2.32. The number of amides is 1. The number of fused-ring (bicyclic) bond motifs is 1. The number of nitrogens with one attached hydrogen (secondary N) is 1. The summed E-state index contributed by atoms with van der Waals surface area (Å²) in [6.07, 6.45) is 1.94. The molecule has 5 heteroatoms. The van der Waals surface area contributed by atoms with Gasteiger partial charge in [-0.05, 0) is 38.8 Å². The van der Waals surface area contributed by atoms with Crippen LogP contribution in [0, 0.1) is 5.92 Å². The van der Waals surface area contributed by atoms with Crippen LogP contribution in [0.1, 0.15) is 46.6 Å². The zero-order chi connectivity index (χ0) is 17.3. The van der Waals surface area contributed by atoms with Crippen LogP contribution in [0.4, 0.5) is 5.95 Å². The minimum Gasteiger partial charge on any atom is -0.353 e. The van der Waals surface area contributed by atoms with Gasteiger partial charge in [0, 0.05) is 31.1 Å². The molecule has 24 heavy (non-hydrogen) atoms. The lowest BCUT2D eigenvalue weighted by atomic mass is 10.0. The molecule has 0 saturated carbocycles. The first-order valence-corrected chi connectivity index (χ1v) is 8.99. The number of hydrogen-bond donors (Lipinski definition) is 1. The average molecular weight is 328 g/mol. The van der Waals surface area contributed by atoms with Gasteiger partial charge in [0.15, 0.2) is 0 Å². The zero-order valence-corrected chi connectivity index (χ0v) is 15.1. The van der Waals surface area contributed by atoms with Crippen LogP contribution in [0.3, 0.4) is 0 Å². The number of anilines is 1. The Morgan fingerprint density at radius 3 is 2.46 bits per heavy atom. The summed E-state index contributed by atoms with van der Waals surface area (Å²) in [6.45, 7) is 10.1. The summed E-state index contributed by atoms with van der Waals surface area (Å²) >= 11 is 0. The molecule has 1 aromatic heterocycles. The van der Waals surface area contributed by atoms with E-state index in [4.69, 9.17) is 4.98 Å². The Morgan fingerprint density at radius 2 is 1.83 bits per heavy atom. The van der Waals surface area contributed by atoms with Gasteiger partial charge < -0.3 is 14.8 Å². The molecule has 0 unspecified atom stereocenters. The van der Waals surface area contributed by atoms with Gasteiger partial charge in [-0.2, -0.15) is 0 Å². The number of para-hydroxylation sites is 2. The predicted octanol–water partition coefficient (Wildman–Crippen LogP) is 3.36. The second-order valence-electron chi connectivity index (χ2n) is 7.29. The summed E-state index contributed by atoms with van der Waals surface area (Å²) in [5.41, 5.74) is 2.24. The molecule has 0 bridgehead atoms. The molecule has 5 nitrogen and oxygen atoms in total. The van der Waals surface area contributed by atoms with Crippen molar-refractivity contribution in [3.63, 3.8) is 0 Å². The maximum atomic E-state index is 11.9. The summed E-state index contributed by atoms with van der Waals surface area (Å²) in [4.78, 5) is 19.1. The topological polar surface area (TPSA) is 50.2 Å². The maximum Gasteiger partial charge on any atom is 0.222 e. The molecule has 0 atom stereocenters. The molecule has 2 heterocycles. The first kappa shape index (κ1) is 16.8. The number of imidazole rings is 1. The van der Waals surface area contributed by atoms with Crippen LogP contribution in [0.5, 0.6) is 0 Å². The Balaban J connectivity index is 1.76. The van der Waals surface area contributed by atoms with Crippen molar-refractivity contribution in [2.24, 2.45) is 5.92 Å². The Labute approximate surface area is 144 Å². The quantitative estimate of drug-likeness (QED) is 0.936. The molecule has 1 saturated heterocycles. The van der Waals surface area contributed by atoms with E-state index < -0.39 is 0 Å². The molecular weight excluding hydrogens is 300 g/mol. The van der Waals surface area contributed by atoms with Crippen molar-refractivity contribution in [3.05, 3.63) is 24.3 Å². The molecule has 1 amide bonds. The van der Waals surface area contributed by atoms with Gasteiger partial charge in [0.05, 0.1) is 11.0 Å². The number of benzene rings is 1. The van der Waals surface area contributed by atoms with Crippen LogP contribution >= 0.6 is 0 Å². The smallest absolute Gasteiger partial charge is 0.222 e. The average Bonchev–Trinajstić information content (AvgIpc) is 2.95. The fraction of sp³-hybridized carbons (Fsp3) is 0.579. The van der Waals surface area contributed by atoms with E-state index in [9.17, 15) is 4.79 Å². The highest BCUT2D eigenvalue weighted by Gasteiger charge is 2.25. The minimum absolute atomic E-state index is 0.0492. The van der Waals surface area contributed by atoms with E-state index in [1.807, 2.05) is 19.9 Å². The molecule has 0 spiro atoms. The third-order valence-electron chi connectivity index (χ3n) is 4.74. The fourth-order valence-corrected chi connectivity index (χ4v) is 3.36. The van der Waals surface area contributed by atoms with Crippen molar-refractivity contribution >= 4 is 22.9 Å². The lowest BCUT2D eigenvalue weighted by Gasteiger charge is -2.34. The number of carbonyl (C=O) groups is 1. The molecule has 1 N–H and O–H groups in total. The highest BCUT2D eigenvalue weighted by molar-refractivity contribution is 5.79. The monoisotopic (exact) mass is 328 g/mol. The maximum absolute atomic E-state index is 11.9. The van der Waals surface area contributed by atoms with Gasteiger partial charge in [0.2, 0.25) is 11.9 Å². The Morgan fingerprint density at radius 1 is 1.17 bits per heavy atom. The van der Waals surface area contributed by atoms with Gasteiger partial charge in [-0.3, -0.25) is 4.79 Å². The van der Waals surface area contributed by atoms with E-state index >= 15 is 0 Å². The molecule has 1 aromatic carbocycles. The normalized spacial score (nSPS) is 16.3. The largest absolute Gasteiger partial charge is 0.353 e. The van der Waals surface area contributed by atoms with Crippen molar-refractivity contribution in [2.75, 3.05) is 18.0 Å². The molecule has 1 fully saturated rings. The summed E-state index contributed by atoms with van der Waals surface area (Å²) in [7, 11) is 0. The lowest BCUT2D eigenvalue weighted by Crippen LogP contribution is -2.46. The third kappa shape index (κ3) is 3.25. The summed E-state index contributed by atoms with van der Waals surface area (Å²) in [5, 5.41) is 3.16. The molecule has 3 rings (SSSR count). The molecule has 0 aliphatic carbocycles. The fourth-order valence-electron chi connectivity index (χ4n) is 3.36. The van der Waals surface area contributed by atoms with Crippen molar-refractivity contribution in [3.8, 4) is 0 Å². The van der Waals surface area contributed by atoms with Gasteiger partial charge in [-0.1, -0.05) is 26.0 Å². The van der Waals surface area contributed by atoms with E-state index in [-0.39, 0.29) is 17.9 Å². The molecule has 1 aliphatic heterocycles. The number of nitrogens with zero attached hydrogens (tertiary/aromatic N) is 3. The van der Waals surface area contributed by atoms with Gasteiger partial charge in [-0.15, -0.1) is 0 Å². The molecule has 2 aromatic rings. The summed E-state index contributed by atoms with van der Waals surface area (Å²) in [5.74, 6) is 1.26. The van der Waals surface area contributed by atoms with Crippen molar-refractivity contribution in [1.29, 1.82) is 0 Å². The van der Waals surface area contributed by atoms with Crippen LogP contribution in [0.2, 0.25) is 0 Å². The first-order chi connectivity index (χ1) is 11.5. The van der Waals surface area contributed by atoms with Crippen LogP contribution in [0.15, 0.2) is 24.3 Å². The van der Waals surface area contributed by atoms with E-state index in [1.54, 1.807) is 0 Å². The number of rotatable bonds is 4. The number of piperidine rings is 1. The highest BCUT2D eigenvalue weighted by Crippen LogP contribution is 2.28. The van der Waals surface area contributed by atoms with Crippen LogP contribution in [-0.4, -0.2) is 34.6 Å². The highest BCUT2D eigenvalue weighted by atomic mass is 16.1. The number of hydrogen-bond acceptors (Lipinski definition) is 3. The molecular formula is C19H28N4O. The number of carbonyl (C=O) groups excluding carboxylic acids is 1. The van der Waals surface area contributed by atoms with Gasteiger partial charge >= 0.3 is 0 Å². The molecule has 1 aliphatic rings. The van der Waals surface area contributed by atoms with Gasteiger partial charge in [0.1, 0.15) is 0 Å². The van der Waals surface area contributed by atoms with Crippen LogP contribution in [0.25, 0.3) is 11.0 Å². The van der Waals surface area contributed by atoms with Gasteiger partial charge in [0.25, 0.3) is 0 Å². The number of aromatic nitrogens is 2.